The Labute approximate surface area is 129 Å². The lowest BCUT2D eigenvalue weighted by atomic mass is 9.90. The van der Waals surface area contributed by atoms with E-state index in [1.165, 1.54) is 6.42 Å². The smallest absolute Gasteiger partial charge is 0.314 e. The van der Waals surface area contributed by atoms with Gasteiger partial charge in [0.05, 0.1) is 6.20 Å². The van der Waals surface area contributed by atoms with Crippen molar-refractivity contribution in [1.29, 1.82) is 0 Å². The van der Waals surface area contributed by atoms with Crippen LogP contribution in [0.15, 0.2) is 54.0 Å². The number of benzene rings is 1. The Hall–Kier alpha value is -2.43. The van der Waals surface area contributed by atoms with Gasteiger partial charge in [-0.15, -0.1) is 0 Å². The van der Waals surface area contributed by atoms with Gasteiger partial charge in [-0.3, -0.25) is 0 Å². The van der Waals surface area contributed by atoms with Crippen molar-refractivity contribution < 1.29 is 4.74 Å². The van der Waals surface area contributed by atoms with E-state index in [1.54, 1.807) is 23.3 Å². The topological polar surface area (TPSA) is 56.2 Å². The standard InChI is InChI=1S/C17H18N4O/c22-21-16(20-12-11-18-13-20)15(14-7-3-1-4-8-14)19-17(21)9-5-2-6-10-17/h1,3-4,7-8,11-13H,2,5-6,9-10H2. The van der Waals surface area contributed by atoms with Gasteiger partial charge in [0, 0.05) is 18.4 Å². The van der Waals surface area contributed by atoms with E-state index in [1.807, 2.05) is 30.3 Å². The molecule has 1 saturated carbocycles. The maximum Gasteiger partial charge on any atom is 0.314 e. The molecule has 5 nitrogen and oxygen atoms in total. The van der Waals surface area contributed by atoms with Gasteiger partial charge in [0.2, 0.25) is 5.66 Å². The molecule has 1 spiro atoms. The Morgan fingerprint density at radius 1 is 1.09 bits per heavy atom. The van der Waals surface area contributed by atoms with Crippen molar-refractivity contribution in [2.24, 2.45) is 4.99 Å². The molecule has 0 atom stereocenters. The van der Waals surface area contributed by atoms with Gasteiger partial charge in [-0.25, -0.2) is 14.7 Å². The molecule has 0 N–H and O–H groups in total. The third-order valence-electron chi connectivity index (χ3n) is 4.55. The molecule has 5 heteroatoms. The number of nitrogens with zero attached hydrogens (tertiary/aromatic N) is 4. The second-order valence-corrected chi connectivity index (χ2v) is 5.96. The monoisotopic (exact) mass is 294 g/mol. The SMILES string of the molecule is [O-][N+]1=C(n2ccnc2)C(c2ccccc2)=NC12CCCCC2. The van der Waals surface area contributed by atoms with Crippen LogP contribution < -0.4 is 0 Å². The number of imidazole rings is 1. The quantitative estimate of drug-likeness (QED) is 0.600. The number of hydrogen-bond acceptors (Lipinski definition) is 3. The predicted molar refractivity (Wildman–Crippen MR) is 85.1 cm³/mol. The van der Waals surface area contributed by atoms with Crippen molar-refractivity contribution in [2.45, 2.75) is 37.8 Å². The van der Waals surface area contributed by atoms with E-state index in [0.717, 1.165) is 41.7 Å². The van der Waals surface area contributed by atoms with Gasteiger partial charge >= 0.3 is 5.84 Å². The lowest BCUT2D eigenvalue weighted by Gasteiger charge is -2.33. The Morgan fingerprint density at radius 2 is 1.86 bits per heavy atom. The highest BCUT2D eigenvalue weighted by atomic mass is 16.5. The van der Waals surface area contributed by atoms with Crippen molar-refractivity contribution >= 4 is 11.5 Å². The Balaban J connectivity index is 1.89. The van der Waals surface area contributed by atoms with Crippen molar-refractivity contribution in [2.75, 3.05) is 0 Å². The summed E-state index contributed by atoms with van der Waals surface area (Å²) in [5.74, 6) is 0.589. The molecule has 0 unspecified atom stereocenters. The molecule has 112 valence electrons. The second-order valence-electron chi connectivity index (χ2n) is 5.96. The first-order valence-corrected chi connectivity index (χ1v) is 7.78. The summed E-state index contributed by atoms with van der Waals surface area (Å²) < 4.78 is 2.90. The second kappa shape index (κ2) is 5.09. The summed E-state index contributed by atoms with van der Waals surface area (Å²) in [7, 11) is 0. The largest absolute Gasteiger partial charge is 0.713 e. The molecule has 1 aromatic heterocycles. The molecule has 2 heterocycles. The zero-order chi connectivity index (χ0) is 15.0. The number of aromatic nitrogens is 2. The number of rotatable bonds is 1. The first-order valence-electron chi connectivity index (χ1n) is 7.78. The van der Waals surface area contributed by atoms with E-state index < -0.39 is 5.66 Å². The average molecular weight is 294 g/mol. The first-order chi connectivity index (χ1) is 10.8. The molecule has 1 aromatic carbocycles. The van der Waals surface area contributed by atoms with Crippen LogP contribution in [0.5, 0.6) is 0 Å². The van der Waals surface area contributed by atoms with Crippen LogP contribution in [0.25, 0.3) is 0 Å². The summed E-state index contributed by atoms with van der Waals surface area (Å²) in [6, 6.07) is 9.94. The normalized spacial score (nSPS) is 20.5. The molecule has 0 amide bonds. The third-order valence-corrected chi connectivity index (χ3v) is 4.55. The number of hydrogen-bond donors (Lipinski definition) is 0. The molecule has 0 radical (unpaired) electrons. The van der Waals surface area contributed by atoms with Crippen molar-refractivity contribution in [3.63, 3.8) is 0 Å². The molecule has 0 bridgehead atoms. The van der Waals surface area contributed by atoms with Crippen LogP contribution in [0, 0.1) is 5.21 Å². The maximum absolute atomic E-state index is 13.1. The molecule has 0 saturated heterocycles. The molecule has 2 aliphatic rings. The summed E-state index contributed by atoms with van der Waals surface area (Å²) in [6.07, 6.45) is 10.1. The summed E-state index contributed by atoms with van der Waals surface area (Å²) in [4.78, 5) is 9.00. The van der Waals surface area contributed by atoms with Gasteiger partial charge in [0.1, 0.15) is 6.20 Å². The highest BCUT2D eigenvalue weighted by Gasteiger charge is 2.45. The molecule has 2 aromatic rings. The Bertz CT molecular complexity index is 725. The minimum atomic E-state index is -0.622. The minimum absolute atomic E-state index is 0.589. The van der Waals surface area contributed by atoms with Crippen LogP contribution in [0.4, 0.5) is 0 Å². The summed E-state index contributed by atoms with van der Waals surface area (Å²) in [6.45, 7) is 0. The summed E-state index contributed by atoms with van der Waals surface area (Å²) in [5.41, 5.74) is 1.13. The number of aliphatic imine (C=N–C) groups is 1. The van der Waals surface area contributed by atoms with E-state index in [0.29, 0.717) is 5.84 Å². The molecular weight excluding hydrogens is 276 g/mol. The van der Waals surface area contributed by atoms with Gasteiger partial charge in [0.15, 0.2) is 12.0 Å². The zero-order valence-electron chi connectivity index (χ0n) is 12.4. The molecule has 1 fully saturated rings. The van der Waals surface area contributed by atoms with Crippen molar-refractivity contribution in [3.05, 3.63) is 59.8 Å². The third kappa shape index (κ3) is 1.96. The van der Waals surface area contributed by atoms with E-state index in [2.05, 4.69) is 4.98 Å². The van der Waals surface area contributed by atoms with E-state index in [-0.39, 0.29) is 0 Å². The van der Waals surface area contributed by atoms with Crippen LogP contribution >= 0.6 is 0 Å². The van der Waals surface area contributed by atoms with Gasteiger partial charge in [-0.05, 0) is 12.8 Å². The molecule has 1 aliphatic carbocycles. The van der Waals surface area contributed by atoms with Gasteiger partial charge in [-0.2, -0.15) is 4.57 Å². The van der Waals surface area contributed by atoms with E-state index in [9.17, 15) is 5.21 Å². The molecule has 1 aliphatic heterocycles. The van der Waals surface area contributed by atoms with Crippen LogP contribution in [0.1, 0.15) is 37.7 Å². The first kappa shape index (κ1) is 13.2. The molecule has 4 rings (SSSR count). The van der Waals surface area contributed by atoms with Gasteiger partial charge in [0.25, 0.3) is 0 Å². The fraction of sp³-hybridized carbons (Fsp3) is 0.353. The van der Waals surface area contributed by atoms with E-state index >= 15 is 0 Å². The zero-order valence-corrected chi connectivity index (χ0v) is 12.4. The van der Waals surface area contributed by atoms with Gasteiger partial charge in [-0.1, -0.05) is 36.8 Å². The summed E-state index contributed by atoms with van der Waals surface area (Å²) >= 11 is 0. The van der Waals surface area contributed by atoms with Crippen molar-refractivity contribution in [3.8, 4) is 0 Å². The van der Waals surface area contributed by atoms with Gasteiger partial charge < -0.3 is 5.21 Å². The number of hydroxylamine groups is 1. The van der Waals surface area contributed by atoms with Crippen LogP contribution in [0.3, 0.4) is 0 Å². The lowest BCUT2D eigenvalue weighted by molar-refractivity contribution is -0.549. The van der Waals surface area contributed by atoms with E-state index in [4.69, 9.17) is 4.99 Å². The highest BCUT2D eigenvalue weighted by molar-refractivity contribution is 6.47. The fourth-order valence-corrected chi connectivity index (χ4v) is 3.43. The fourth-order valence-electron chi connectivity index (χ4n) is 3.43. The predicted octanol–water partition coefficient (Wildman–Crippen LogP) is 2.80. The summed E-state index contributed by atoms with van der Waals surface area (Å²) in [5, 5.41) is 13.1. The Kier molecular flexibility index (Phi) is 3.06. The van der Waals surface area contributed by atoms with Crippen LogP contribution in [0.2, 0.25) is 0 Å². The Morgan fingerprint density at radius 3 is 2.55 bits per heavy atom. The van der Waals surface area contributed by atoms with Crippen molar-refractivity contribution in [1.82, 2.24) is 9.55 Å². The highest BCUT2D eigenvalue weighted by Crippen LogP contribution is 2.36. The average Bonchev–Trinajstić information content (AvgIpc) is 3.17. The van der Waals surface area contributed by atoms with Crippen LogP contribution in [-0.4, -0.2) is 31.5 Å². The molecule has 22 heavy (non-hydrogen) atoms. The maximum atomic E-state index is 13.1. The lowest BCUT2D eigenvalue weighted by Crippen LogP contribution is -2.39. The van der Waals surface area contributed by atoms with Crippen LogP contribution in [-0.2, 0) is 0 Å². The minimum Gasteiger partial charge on any atom is -0.713 e. The molecular formula is C17H18N4O.